The van der Waals surface area contributed by atoms with Crippen LogP contribution in [0.3, 0.4) is 0 Å². The fourth-order valence-electron chi connectivity index (χ4n) is 6.33. The van der Waals surface area contributed by atoms with Gasteiger partial charge in [-0.1, -0.05) is 60.7 Å². The first-order chi connectivity index (χ1) is 21.7. The van der Waals surface area contributed by atoms with Crippen molar-refractivity contribution in [2.75, 3.05) is 6.54 Å². The molecule has 2 heterocycles. The second-order valence-electron chi connectivity index (χ2n) is 11.5. The second-order valence-corrected chi connectivity index (χ2v) is 11.5. The van der Waals surface area contributed by atoms with Gasteiger partial charge in [-0.05, 0) is 71.1 Å². The molecule has 7 nitrogen and oxygen atoms in total. The first-order valence-corrected chi connectivity index (χ1v) is 14.9. The largest absolute Gasteiger partial charge is 0.368 e. The highest BCUT2D eigenvalue weighted by molar-refractivity contribution is 5.94. The average Bonchev–Trinajstić information content (AvgIpc) is 3.16. The molecule has 228 valence electrons. The van der Waals surface area contributed by atoms with Crippen molar-refractivity contribution in [2.45, 2.75) is 44.3 Å². The number of amides is 3. The van der Waals surface area contributed by atoms with Gasteiger partial charge in [0.05, 0.1) is 11.9 Å². The predicted molar refractivity (Wildman–Crippen MR) is 168 cm³/mol. The third-order valence-corrected chi connectivity index (χ3v) is 8.63. The maximum Gasteiger partial charge on any atom is 0.250 e. The Morgan fingerprint density at radius 3 is 2.51 bits per heavy atom. The van der Waals surface area contributed by atoms with Gasteiger partial charge in [0.15, 0.2) is 11.6 Å². The Bertz CT molecular complexity index is 1920. The number of carbonyl (C=O) groups is 3. The van der Waals surface area contributed by atoms with Crippen LogP contribution in [0.1, 0.15) is 36.1 Å². The van der Waals surface area contributed by atoms with Gasteiger partial charge in [0, 0.05) is 30.6 Å². The van der Waals surface area contributed by atoms with Gasteiger partial charge in [-0.25, -0.2) is 8.78 Å². The van der Waals surface area contributed by atoms with E-state index in [9.17, 15) is 23.2 Å². The molecule has 9 heteroatoms. The van der Waals surface area contributed by atoms with Crippen molar-refractivity contribution in [2.24, 2.45) is 5.73 Å². The zero-order valence-electron chi connectivity index (χ0n) is 24.7. The molecule has 0 radical (unpaired) electrons. The number of nitrogens with two attached hydrogens (primary N) is 1. The number of fused-ring (bicyclic) bond motifs is 2. The molecule has 3 amide bonds. The molecule has 0 saturated carbocycles. The van der Waals surface area contributed by atoms with Gasteiger partial charge in [-0.15, -0.1) is 0 Å². The standard InChI is InChI=1S/C36H32F2N4O3/c1-22-15-17-41(32(35(39)44)21-25-8-4-7-24-6-2-3-10-28(24)25)36(45)34(27-12-13-29(37)30(38)20-27)42(22)33(43)19-23-11-14-31-26(18-23)9-5-16-40-31/h2-14,16,18,20,22,32,34H,15,17,19,21H2,1H3,(H2,39,44)/t22-,32-,34+/m1/s1. The Morgan fingerprint density at radius 2 is 1.71 bits per heavy atom. The van der Waals surface area contributed by atoms with Gasteiger partial charge < -0.3 is 15.5 Å². The van der Waals surface area contributed by atoms with Crippen LogP contribution in [-0.2, 0) is 27.2 Å². The van der Waals surface area contributed by atoms with E-state index < -0.39 is 41.6 Å². The number of hydrogen-bond acceptors (Lipinski definition) is 4. The molecule has 45 heavy (non-hydrogen) atoms. The van der Waals surface area contributed by atoms with E-state index in [-0.39, 0.29) is 30.9 Å². The summed E-state index contributed by atoms with van der Waals surface area (Å²) in [4.78, 5) is 48.8. The lowest BCUT2D eigenvalue weighted by atomic mass is 9.96. The van der Waals surface area contributed by atoms with Crippen LogP contribution >= 0.6 is 0 Å². The monoisotopic (exact) mass is 606 g/mol. The SMILES string of the molecule is C[C@@H]1CCN([C@H](Cc2cccc3ccccc23)C(N)=O)C(=O)[C@H](c2ccc(F)c(F)c2)N1C(=O)Cc1ccc2ncccc2c1. The summed E-state index contributed by atoms with van der Waals surface area (Å²) in [6.07, 6.45) is 2.16. The molecular weight excluding hydrogens is 574 g/mol. The highest BCUT2D eigenvalue weighted by atomic mass is 19.2. The Balaban J connectivity index is 1.38. The first-order valence-electron chi connectivity index (χ1n) is 14.9. The number of carbonyl (C=O) groups excluding carboxylic acids is 3. The van der Waals surface area contributed by atoms with Crippen LogP contribution in [0.25, 0.3) is 21.7 Å². The Labute approximate surface area is 259 Å². The molecule has 3 atom stereocenters. The van der Waals surface area contributed by atoms with Crippen LogP contribution in [-0.4, -0.2) is 51.1 Å². The molecule has 1 aliphatic heterocycles. The number of nitrogens with zero attached hydrogens (tertiary/aromatic N) is 3. The van der Waals surface area contributed by atoms with E-state index in [4.69, 9.17) is 5.73 Å². The van der Waals surface area contributed by atoms with E-state index in [1.165, 1.54) is 15.9 Å². The smallest absolute Gasteiger partial charge is 0.250 e. The molecule has 6 rings (SSSR count). The van der Waals surface area contributed by atoms with Crippen molar-refractivity contribution in [3.8, 4) is 0 Å². The van der Waals surface area contributed by atoms with Crippen LogP contribution in [0.4, 0.5) is 8.78 Å². The van der Waals surface area contributed by atoms with Gasteiger partial charge >= 0.3 is 0 Å². The molecular formula is C36H32F2N4O3. The van der Waals surface area contributed by atoms with Crippen LogP contribution in [0.15, 0.2) is 97.2 Å². The van der Waals surface area contributed by atoms with E-state index in [0.717, 1.165) is 44.9 Å². The number of aromatic nitrogens is 1. The van der Waals surface area contributed by atoms with Crippen LogP contribution < -0.4 is 5.73 Å². The Morgan fingerprint density at radius 1 is 0.933 bits per heavy atom. The molecule has 1 fully saturated rings. The van der Waals surface area contributed by atoms with Crippen LogP contribution in [0.5, 0.6) is 0 Å². The highest BCUT2D eigenvalue weighted by Gasteiger charge is 2.43. The maximum atomic E-state index is 14.6. The summed E-state index contributed by atoms with van der Waals surface area (Å²) in [5.41, 5.74) is 8.40. The van der Waals surface area contributed by atoms with Crippen LogP contribution in [0, 0.1) is 11.6 Å². The highest BCUT2D eigenvalue weighted by Crippen LogP contribution is 2.33. The summed E-state index contributed by atoms with van der Waals surface area (Å²) >= 11 is 0. The molecule has 5 aromatic rings. The van der Waals surface area contributed by atoms with E-state index in [1.54, 1.807) is 6.20 Å². The summed E-state index contributed by atoms with van der Waals surface area (Å²) in [6, 6.07) is 23.1. The lowest BCUT2D eigenvalue weighted by molar-refractivity contribution is -0.148. The van der Waals surface area contributed by atoms with E-state index >= 15 is 0 Å². The fourth-order valence-corrected chi connectivity index (χ4v) is 6.33. The number of benzene rings is 4. The third-order valence-electron chi connectivity index (χ3n) is 8.63. The minimum Gasteiger partial charge on any atom is -0.368 e. The molecule has 4 aromatic carbocycles. The van der Waals surface area contributed by atoms with Crippen molar-refractivity contribution in [1.29, 1.82) is 0 Å². The quantitative estimate of drug-likeness (QED) is 0.265. The Kier molecular flexibility index (Phi) is 8.26. The second kappa shape index (κ2) is 12.4. The molecule has 0 bridgehead atoms. The van der Waals surface area contributed by atoms with Gasteiger partial charge in [0.2, 0.25) is 11.8 Å². The molecule has 1 saturated heterocycles. The van der Waals surface area contributed by atoms with Crippen LogP contribution in [0.2, 0.25) is 0 Å². The minimum absolute atomic E-state index is 0.0299. The molecule has 0 spiro atoms. The molecule has 0 aliphatic carbocycles. The summed E-state index contributed by atoms with van der Waals surface area (Å²) in [5.74, 6) is -3.85. The van der Waals surface area contributed by atoms with Crippen molar-refractivity contribution in [1.82, 2.24) is 14.8 Å². The van der Waals surface area contributed by atoms with E-state index in [2.05, 4.69) is 4.98 Å². The van der Waals surface area contributed by atoms with Gasteiger partial charge in [-0.2, -0.15) is 0 Å². The number of rotatable bonds is 7. The van der Waals surface area contributed by atoms with Crippen molar-refractivity contribution >= 4 is 39.4 Å². The lowest BCUT2D eigenvalue weighted by Gasteiger charge is -2.36. The Hall–Kier alpha value is -5.18. The molecule has 1 aromatic heterocycles. The minimum atomic E-state index is -1.30. The zero-order valence-corrected chi connectivity index (χ0v) is 24.7. The molecule has 0 unspecified atom stereocenters. The molecule has 1 aliphatic rings. The number of halogens is 2. The van der Waals surface area contributed by atoms with Gasteiger partial charge in [-0.3, -0.25) is 19.4 Å². The van der Waals surface area contributed by atoms with Crippen molar-refractivity contribution < 1.29 is 23.2 Å². The third kappa shape index (κ3) is 5.98. The summed E-state index contributed by atoms with van der Waals surface area (Å²) < 4.78 is 28.7. The number of hydrogen-bond donors (Lipinski definition) is 1. The zero-order chi connectivity index (χ0) is 31.7. The van der Waals surface area contributed by atoms with Crippen molar-refractivity contribution in [3.05, 3.63) is 126 Å². The normalized spacial score (nSPS) is 17.8. The average molecular weight is 607 g/mol. The molecule has 2 N–H and O–H groups in total. The fraction of sp³-hybridized carbons (Fsp3) is 0.222. The topological polar surface area (TPSA) is 96.6 Å². The summed E-state index contributed by atoms with van der Waals surface area (Å²) in [5, 5.41) is 2.78. The maximum absolute atomic E-state index is 14.6. The van der Waals surface area contributed by atoms with E-state index in [1.807, 2.05) is 79.7 Å². The van der Waals surface area contributed by atoms with Gasteiger partial charge in [0.25, 0.3) is 5.91 Å². The summed E-state index contributed by atoms with van der Waals surface area (Å²) in [6.45, 7) is 1.96. The number of primary amides is 1. The van der Waals surface area contributed by atoms with Crippen molar-refractivity contribution in [3.63, 3.8) is 0 Å². The summed E-state index contributed by atoms with van der Waals surface area (Å²) in [7, 11) is 0. The van der Waals surface area contributed by atoms with E-state index in [0.29, 0.717) is 6.42 Å². The van der Waals surface area contributed by atoms with Gasteiger partial charge in [0.1, 0.15) is 12.1 Å². The number of pyridine rings is 1. The first kappa shape index (κ1) is 29.9. The lowest BCUT2D eigenvalue weighted by Crippen LogP contribution is -2.52. The predicted octanol–water partition coefficient (Wildman–Crippen LogP) is 5.50.